The molecule has 0 aliphatic carbocycles. The summed E-state index contributed by atoms with van der Waals surface area (Å²) in [5.74, 6) is 0.740. The van der Waals surface area contributed by atoms with Crippen molar-refractivity contribution in [2.45, 2.75) is 25.8 Å². The Labute approximate surface area is 123 Å². The number of hydrogen-bond acceptors (Lipinski definition) is 4. The smallest absolute Gasteiger partial charge is 0.237 e. The van der Waals surface area contributed by atoms with Gasteiger partial charge in [-0.25, -0.2) is 4.98 Å². The fraction of sp³-hybridized carbons (Fsp3) is 0.429. The predicted molar refractivity (Wildman–Crippen MR) is 79.1 cm³/mol. The number of carbonyl (C=O) groups excluding carboxylic acids is 1. The largest absolute Gasteiger partial charge is 0.441 e. The van der Waals surface area contributed by atoms with E-state index in [9.17, 15) is 4.79 Å². The first-order valence-corrected chi connectivity index (χ1v) is 6.60. The van der Waals surface area contributed by atoms with Crippen molar-refractivity contribution in [2.24, 2.45) is 0 Å². The Morgan fingerprint density at radius 1 is 1.55 bits per heavy atom. The molecule has 2 heterocycles. The molecule has 0 radical (unpaired) electrons. The van der Waals surface area contributed by atoms with Crippen molar-refractivity contribution in [2.75, 3.05) is 13.1 Å². The molecule has 1 atom stereocenters. The van der Waals surface area contributed by atoms with Gasteiger partial charge in [-0.1, -0.05) is 12.1 Å². The molecule has 5 nitrogen and oxygen atoms in total. The van der Waals surface area contributed by atoms with Crippen LogP contribution in [0.15, 0.2) is 22.6 Å². The summed E-state index contributed by atoms with van der Waals surface area (Å²) in [7, 11) is 0. The molecule has 1 fully saturated rings. The molecule has 0 bridgehead atoms. The number of nitrogens with zero attached hydrogens (tertiary/aromatic N) is 1. The lowest BCUT2D eigenvalue weighted by Gasteiger charge is -2.26. The third-order valence-electron chi connectivity index (χ3n) is 3.44. The maximum Gasteiger partial charge on any atom is 0.237 e. The normalized spacial score (nSPS) is 17.4. The zero-order valence-corrected chi connectivity index (χ0v) is 12.1. The number of fused-ring (bicyclic) bond motifs is 1. The quantitative estimate of drug-likeness (QED) is 0.899. The van der Waals surface area contributed by atoms with Gasteiger partial charge in [0.05, 0.1) is 6.04 Å². The van der Waals surface area contributed by atoms with Gasteiger partial charge >= 0.3 is 0 Å². The van der Waals surface area contributed by atoms with Gasteiger partial charge in [0.2, 0.25) is 5.91 Å². The second-order valence-electron chi connectivity index (χ2n) is 4.87. The van der Waals surface area contributed by atoms with Crippen LogP contribution in [0.3, 0.4) is 0 Å². The Bertz CT molecular complexity index is 607. The highest BCUT2D eigenvalue weighted by molar-refractivity contribution is 5.85. The molecule has 0 saturated carbocycles. The molecule has 1 saturated heterocycles. The highest BCUT2D eigenvalue weighted by Gasteiger charge is 2.23. The van der Waals surface area contributed by atoms with Crippen LogP contribution in [-0.4, -0.2) is 30.0 Å². The number of nitrogens with one attached hydrogen (secondary N) is 2. The van der Waals surface area contributed by atoms with Crippen LogP contribution < -0.4 is 10.6 Å². The third-order valence-corrected chi connectivity index (χ3v) is 3.44. The van der Waals surface area contributed by atoms with Crippen molar-refractivity contribution in [3.63, 3.8) is 0 Å². The summed E-state index contributed by atoms with van der Waals surface area (Å²) >= 11 is 0. The number of rotatable bonds is 4. The van der Waals surface area contributed by atoms with Crippen molar-refractivity contribution >= 4 is 29.4 Å². The molecular formula is C14H18ClN3O2. The first kappa shape index (κ1) is 14.8. The van der Waals surface area contributed by atoms with E-state index >= 15 is 0 Å². The van der Waals surface area contributed by atoms with E-state index in [0.29, 0.717) is 18.9 Å². The number of para-hydroxylation sites is 1. The lowest BCUT2D eigenvalue weighted by Crippen LogP contribution is -2.53. The lowest BCUT2D eigenvalue weighted by atomic mass is 10.1. The molecule has 2 N–H and O–H groups in total. The van der Waals surface area contributed by atoms with Crippen LogP contribution >= 0.6 is 12.4 Å². The number of benzene rings is 1. The molecular weight excluding hydrogens is 278 g/mol. The Hall–Kier alpha value is -1.59. The number of aromatic nitrogens is 1. The van der Waals surface area contributed by atoms with Crippen LogP contribution in [0.25, 0.3) is 11.1 Å². The Kier molecular flexibility index (Phi) is 4.62. The summed E-state index contributed by atoms with van der Waals surface area (Å²) in [4.78, 5) is 16.1. The summed E-state index contributed by atoms with van der Waals surface area (Å²) in [5.41, 5.74) is 2.82. The van der Waals surface area contributed by atoms with Crippen LogP contribution in [-0.2, 0) is 11.2 Å². The molecule has 1 amide bonds. The van der Waals surface area contributed by atoms with Gasteiger partial charge in [0.25, 0.3) is 0 Å². The lowest BCUT2D eigenvalue weighted by molar-refractivity contribution is -0.124. The second-order valence-corrected chi connectivity index (χ2v) is 4.87. The molecule has 6 heteroatoms. The monoisotopic (exact) mass is 295 g/mol. The molecule has 0 unspecified atom stereocenters. The van der Waals surface area contributed by atoms with Crippen LogP contribution in [0.5, 0.6) is 0 Å². The van der Waals surface area contributed by atoms with Gasteiger partial charge in [-0.05, 0) is 31.5 Å². The van der Waals surface area contributed by atoms with E-state index in [-0.39, 0.29) is 24.4 Å². The van der Waals surface area contributed by atoms with Gasteiger partial charge in [-0.15, -0.1) is 12.4 Å². The number of oxazole rings is 1. The minimum absolute atomic E-state index is 0. The van der Waals surface area contributed by atoms with Crippen LogP contribution in [0, 0.1) is 6.92 Å². The summed E-state index contributed by atoms with van der Waals surface area (Å²) in [5, 5.41) is 5.96. The zero-order chi connectivity index (χ0) is 13.2. The molecule has 108 valence electrons. The number of carbonyl (C=O) groups is 1. The zero-order valence-electron chi connectivity index (χ0n) is 11.3. The van der Waals surface area contributed by atoms with Gasteiger partial charge in [0.15, 0.2) is 11.5 Å². The Morgan fingerprint density at radius 2 is 2.35 bits per heavy atom. The minimum Gasteiger partial charge on any atom is -0.441 e. The average molecular weight is 296 g/mol. The van der Waals surface area contributed by atoms with Gasteiger partial charge in [-0.3, -0.25) is 4.79 Å². The van der Waals surface area contributed by atoms with Crippen LogP contribution in [0.2, 0.25) is 0 Å². The number of amides is 1. The van der Waals surface area contributed by atoms with E-state index in [1.165, 1.54) is 0 Å². The van der Waals surface area contributed by atoms with Gasteiger partial charge in [0.1, 0.15) is 5.52 Å². The molecule has 3 rings (SSSR count). The van der Waals surface area contributed by atoms with Crippen LogP contribution in [0.4, 0.5) is 0 Å². The van der Waals surface area contributed by atoms with E-state index in [1.54, 1.807) is 0 Å². The Morgan fingerprint density at radius 3 is 3.00 bits per heavy atom. The van der Waals surface area contributed by atoms with Gasteiger partial charge < -0.3 is 15.1 Å². The van der Waals surface area contributed by atoms with Crippen molar-refractivity contribution in [3.8, 4) is 0 Å². The van der Waals surface area contributed by atoms with E-state index in [2.05, 4.69) is 15.6 Å². The number of halogens is 1. The summed E-state index contributed by atoms with van der Waals surface area (Å²) in [6.45, 7) is 3.50. The van der Waals surface area contributed by atoms with Crippen molar-refractivity contribution in [1.82, 2.24) is 15.6 Å². The molecule has 1 aliphatic rings. The number of aryl methyl sites for hydroxylation is 1. The predicted octanol–water partition coefficient (Wildman–Crippen LogP) is 1.58. The molecule has 1 aromatic carbocycles. The molecule has 0 spiro atoms. The van der Waals surface area contributed by atoms with E-state index in [4.69, 9.17) is 4.42 Å². The highest BCUT2D eigenvalue weighted by Crippen LogP contribution is 2.18. The van der Waals surface area contributed by atoms with E-state index in [0.717, 1.165) is 29.6 Å². The van der Waals surface area contributed by atoms with E-state index in [1.807, 2.05) is 25.1 Å². The van der Waals surface area contributed by atoms with Gasteiger partial charge in [0, 0.05) is 13.0 Å². The molecule has 1 aliphatic heterocycles. The fourth-order valence-electron chi connectivity index (χ4n) is 2.17. The van der Waals surface area contributed by atoms with Crippen LogP contribution in [0.1, 0.15) is 17.9 Å². The topological polar surface area (TPSA) is 67.2 Å². The SMILES string of the molecule is Cc1cccc2oc(CCNC(=O)[C@H]3CCN3)nc12.Cl. The summed E-state index contributed by atoms with van der Waals surface area (Å²) in [6, 6.07) is 5.87. The average Bonchev–Trinajstić information content (AvgIpc) is 2.71. The molecule has 2 aromatic rings. The second kappa shape index (κ2) is 6.24. The first-order chi connectivity index (χ1) is 9.24. The van der Waals surface area contributed by atoms with Crippen molar-refractivity contribution in [1.29, 1.82) is 0 Å². The summed E-state index contributed by atoms with van der Waals surface area (Å²) in [6.07, 6.45) is 1.54. The first-order valence-electron chi connectivity index (χ1n) is 6.60. The van der Waals surface area contributed by atoms with Gasteiger partial charge in [-0.2, -0.15) is 0 Å². The number of hydrogen-bond donors (Lipinski definition) is 2. The highest BCUT2D eigenvalue weighted by atomic mass is 35.5. The Balaban J connectivity index is 0.00000147. The fourth-order valence-corrected chi connectivity index (χ4v) is 2.17. The minimum atomic E-state index is -0.00845. The summed E-state index contributed by atoms with van der Waals surface area (Å²) < 4.78 is 5.65. The maximum absolute atomic E-state index is 11.6. The molecule has 1 aromatic heterocycles. The maximum atomic E-state index is 11.6. The third kappa shape index (κ3) is 2.94. The van der Waals surface area contributed by atoms with E-state index < -0.39 is 0 Å². The molecule has 20 heavy (non-hydrogen) atoms. The van der Waals surface area contributed by atoms with Crippen molar-refractivity contribution < 1.29 is 9.21 Å². The van der Waals surface area contributed by atoms with Crippen molar-refractivity contribution in [3.05, 3.63) is 29.7 Å². The standard InChI is InChI=1S/C14H17N3O2.ClH/c1-9-3-2-4-11-13(9)17-12(19-11)6-8-16-14(18)10-5-7-15-10;/h2-4,10,15H,5-8H2,1H3,(H,16,18);1H/t10-;/m1./s1.